The summed E-state index contributed by atoms with van der Waals surface area (Å²) in [5, 5.41) is 1.04. The molecule has 1 aromatic heterocycles. The highest BCUT2D eigenvalue weighted by Crippen LogP contribution is 2.33. The molecule has 21 heavy (non-hydrogen) atoms. The molecule has 1 aliphatic heterocycles. The van der Waals surface area contributed by atoms with Gasteiger partial charge in [-0.05, 0) is 18.2 Å². The number of hydrogen-bond donors (Lipinski definition) is 3. The smallest absolute Gasteiger partial charge is 0.152 e. The van der Waals surface area contributed by atoms with Crippen LogP contribution in [0.1, 0.15) is 5.56 Å². The topological polar surface area (TPSA) is 75.3 Å². The predicted octanol–water partition coefficient (Wildman–Crippen LogP) is 2.83. The van der Waals surface area contributed by atoms with Gasteiger partial charge >= 0.3 is 0 Å². The lowest BCUT2D eigenvalue weighted by Gasteiger charge is -2.21. The van der Waals surface area contributed by atoms with Gasteiger partial charge in [-0.15, -0.1) is 0 Å². The molecule has 0 saturated carbocycles. The molecule has 2 heterocycles. The van der Waals surface area contributed by atoms with Crippen LogP contribution in [0.25, 0.3) is 10.9 Å². The Morgan fingerprint density at radius 3 is 2.76 bits per heavy atom. The Morgan fingerprint density at radius 2 is 1.86 bits per heavy atom. The number of nitrogens with one attached hydrogen (secondary N) is 2. The van der Waals surface area contributed by atoms with Crippen LogP contribution in [-0.4, -0.2) is 10.8 Å². The molecule has 1 aliphatic rings. The van der Waals surface area contributed by atoms with Crippen molar-refractivity contribution in [3.8, 4) is 0 Å². The van der Waals surface area contributed by atoms with E-state index in [0.717, 1.165) is 33.7 Å². The molecule has 0 spiro atoms. The van der Waals surface area contributed by atoms with E-state index in [-0.39, 0.29) is 0 Å². The van der Waals surface area contributed by atoms with Crippen LogP contribution in [0.3, 0.4) is 0 Å². The van der Waals surface area contributed by atoms with Crippen molar-refractivity contribution in [2.75, 3.05) is 11.2 Å². The maximum atomic E-state index is 5.82. The van der Waals surface area contributed by atoms with E-state index in [2.05, 4.69) is 20.8 Å². The first kappa shape index (κ1) is 11.7. The van der Waals surface area contributed by atoms with Crippen LogP contribution in [0.5, 0.6) is 0 Å². The highest BCUT2D eigenvalue weighted by Gasteiger charge is 2.15. The standard InChI is InChI=1S/C16H13N5/c17-11-5-3-4-10(8-11)16-19-14-9-18-13-7-2-1-6-12(13)15(14)20-21-16/h1-9,20H,17H2,(H,19,21). The maximum absolute atomic E-state index is 5.82. The molecule has 102 valence electrons. The van der Waals surface area contributed by atoms with Crippen LogP contribution < -0.4 is 16.6 Å². The molecule has 0 bridgehead atoms. The van der Waals surface area contributed by atoms with Gasteiger partial charge in [-0.1, -0.05) is 30.3 Å². The monoisotopic (exact) mass is 275 g/mol. The van der Waals surface area contributed by atoms with Gasteiger partial charge in [-0.25, -0.2) is 4.99 Å². The summed E-state index contributed by atoms with van der Waals surface area (Å²) in [4.78, 5) is 9.07. The number of aromatic nitrogens is 1. The summed E-state index contributed by atoms with van der Waals surface area (Å²) in [7, 11) is 0. The van der Waals surface area contributed by atoms with Gasteiger partial charge in [0.05, 0.1) is 17.4 Å². The third-order valence-corrected chi connectivity index (χ3v) is 3.45. The minimum Gasteiger partial charge on any atom is -0.399 e. The van der Waals surface area contributed by atoms with E-state index in [9.17, 15) is 0 Å². The molecule has 0 unspecified atom stereocenters. The minimum atomic E-state index is 0.708. The van der Waals surface area contributed by atoms with Crippen molar-refractivity contribution >= 4 is 33.8 Å². The van der Waals surface area contributed by atoms with Gasteiger partial charge in [0.15, 0.2) is 5.84 Å². The average Bonchev–Trinajstić information content (AvgIpc) is 2.54. The Labute approximate surface area is 121 Å². The number of nitrogens with two attached hydrogens (primary N) is 1. The molecule has 2 aromatic carbocycles. The molecule has 0 amide bonds. The Bertz CT molecular complexity index is 869. The van der Waals surface area contributed by atoms with Crippen LogP contribution in [0, 0.1) is 0 Å². The second-order valence-corrected chi connectivity index (χ2v) is 4.87. The van der Waals surface area contributed by atoms with E-state index in [1.54, 1.807) is 6.20 Å². The predicted molar refractivity (Wildman–Crippen MR) is 85.6 cm³/mol. The number of nitrogen functional groups attached to an aromatic ring is 1. The lowest BCUT2D eigenvalue weighted by Crippen LogP contribution is -2.32. The van der Waals surface area contributed by atoms with Crippen LogP contribution >= 0.6 is 0 Å². The van der Waals surface area contributed by atoms with Gasteiger partial charge in [0.1, 0.15) is 5.69 Å². The van der Waals surface area contributed by atoms with Gasteiger partial charge in [0.2, 0.25) is 0 Å². The van der Waals surface area contributed by atoms with Gasteiger partial charge in [0, 0.05) is 16.6 Å². The first-order valence-corrected chi connectivity index (χ1v) is 6.66. The second-order valence-electron chi connectivity index (χ2n) is 4.87. The highest BCUT2D eigenvalue weighted by atomic mass is 15.4. The lowest BCUT2D eigenvalue weighted by atomic mass is 10.1. The number of nitrogens with zero attached hydrogens (tertiary/aromatic N) is 2. The highest BCUT2D eigenvalue weighted by molar-refractivity contribution is 6.07. The number of aliphatic imine (C=N–C) groups is 1. The Kier molecular flexibility index (Phi) is 2.50. The fourth-order valence-corrected chi connectivity index (χ4v) is 2.44. The van der Waals surface area contributed by atoms with Crippen molar-refractivity contribution in [3.63, 3.8) is 0 Å². The van der Waals surface area contributed by atoms with Crippen molar-refractivity contribution in [2.45, 2.75) is 0 Å². The molecule has 5 nitrogen and oxygen atoms in total. The third kappa shape index (κ3) is 1.95. The molecular weight excluding hydrogens is 262 g/mol. The molecule has 0 saturated heterocycles. The van der Waals surface area contributed by atoms with E-state index in [0.29, 0.717) is 5.69 Å². The number of fused-ring (bicyclic) bond motifs is 3. The number of pyridine rings is 1. The number of anilines is 2. The van der Waals surface area contributed by atoms with Crippen LogP contribution in [0.15, 0.2) is 59.7 Å². The summed E-state index contributed by atoms with van der Waals surface area (Å²) in [5.41, 5.74) is 16.5. The quantitative estimate of drug-likeness (QED) is 0.597. The molecule has 0 aliphatic carbocycles. The molecule has 3 aromatic rings. The van der Waals surface area contributed by atoms with Crippen LogP contribution in [0.2, 0.25) is 0 Å². The van der Waals surface area contributed by atoms with E-state index in [4.69, 9.17) is 5.73 Å². The minimum absolute atomic E-state index is 0.708. The number of para-hydroxylation sites is 1. The Hall–Kier alpha value is -3.08. The van der Waals surface area contributed by atoms with Gasteiger partial charge in [0.25, 0.3) is 0 Å². The summed E-state index contributed by atoms with van der Waals surface area (Å²) in [6.45, 7) is 0. The SMILES string of the molecule is Nc1cccc(C2=Nc3cnc4ccccc4c3NN2)c1. The molecular formula is C16H13N5. The van der Waals surface area contributed by atoms with Crippen molar-refractivity contribution in [1.82, 2.24) is 10.4 Å². The number of rotatable bonds is 1. The van der Waals surface area contributed by atoms with E-state index in [1.807, 2.05) is 48.5 Å². The van der Waals surface area contributed by atoms with Crippen molar-refractivity contribution < 1.29 is 0 Å². The summed E-state index contributed by atoms with van der Waals surface area (Å²) in [5.74, 6) is 0.729. The average molecular weight is 275 g/mol. The molecule has 0 fully saturated rings. The number of hydrogen-bond acceptors (Lipinski definition) is 5. The summed E-state index contributed by atoms with van der Waals surface area (Å²) in [6.07, 6.45) is 1.78. The van der Waals surface area contributed by atoms with Crippen LogP contribution in [-0.2, 0) is 0 Å². The first-order chi connectivity index (χ1) is 10.3. The summed E-state index contributed by atoms with van der Waals surface area (Å²) >= 11 is 0. The van der Waals surface area contributed by atoms with E-state index < -0.39 is 0 Å². The second kappa shape index (κ2) is 4.49. The number of benzene rings is 2. The Morgan fingerprint density at radius 1 is 0.952 bits per heavy atom. The summed E-state index contributed by atoms with van der Waals surface area (Å²) < 4.78 is 0. The van der Waals surface area contributed by atoms with Crippen molar-refractivity contribution in [1.29, 1.82) is 0 Å². The third-order valence-electron chi connectivity index (χ3n) is 3.45. The van der Waals surface area contributed by atoms with Gasteiger partial charge in [-0.3, -0.25) is 15.8 Å². The molecule has 4 rings (SSSR count). The fraction of sp³-hybridized carbons (Fsp3) is 0. The van der Waals surface area contributed by atoms with Crippen molar-refractivity contribution in [2.24, 2.45) is 4.99 Å². The lowest BCUT2D eigenvalue weighted by molar-refractivity contribution is 1.09. The molecule has 5 heteroatoms. The normalized spacial score (nSPS) is 13.0. The largest absolute Gasteiger partial charge is 0.399 e. The maximum Gasteiger partial charge on any atom is 0.152 e. The molecule has 0 radical (unpaired) electrons. The van der Waals surface area contributed by atoms with E-state index in [1.165, 1.54) is 0 Å². The fourth-order valence-electron chi connectivity index (χ4n) is 2.44. The first-order valence-electron chi connectivity index (χ1n) is 6.66. The zero-order valence-corrected chi connectivity index (χ0v) is 11.2. The van der Waals surface area contributed by atoms with E-state index >= 15 is 0 Å². The number of hydrazine groups is 1. The zero-order valence-electron chi connectivity index (χ0n) is 11.2. The summed E-state index contributed by atoms with van der Waals surface area (Å²) in [6, 6.07) is 15.6. The Balaban J connectivity index is 1.86. The van der Waals surface area contributed by atoms with Crippen molar-refractivity contribution in [3.05, 3.63) is 60.3 Å². The molecule has 4 N–H and O–H groups in total. The van der Waals surface area contributed by atoms with Gasteiger partial charge in [-0.2, -0.15) is 0 Å². The van der Waals surface area contributed by atoms with Gasteiger partial charge < -0.3 is 5.73 Å². The van der Waals surface area contributed by atoms with Crippen LogP contribution in [0.4, 0.5) is 17.1 Å². The number of amidine groups is 1. The zero-order chi connectivity index (χ0) is 14.2. The molecule has 0 atom stereocenters.